The molecule has 2 N–H and O–H groups in total. The van der Waals surface area contributed by atoms with Crippen molar-refractivity contribution in [2.45, 2.75) is 37.5 Å². The molecule has 4 heterocycles. The van der Waals surface area contributed by atoms with Crippen molar-refractivity contribution in [3.8, 4) is 0 Å². The highest BCUT2D eigenvalue weighted by Gasteiger charge is 2.30. The predicted molar refractivity (Wildman–Crippen MR) is 122 cm³/mol. The molecule has 10 heteroatoms. The molecule has 1 amide bonds. The van der Waals surface area contributed by atoms with Gasteiger partial charge in [-0.3, -0.25) is 4.79 Å². The third kappa shape index (κ3) is 5.18. The maximum Gasteiger partial charge on any atom is 0.393 e. The van der Waals surface area contributed by atoms with Gasteiger partial charge in [0.15, 0.2) is 0 Å². The van der Waals surface area contributed by atoms with E-state index in [1.54, 1.807) is 4.90 Å². The van der Waals surface area contributed by atoms with Crippen molar-refractivity contribution < 1.29 is 27.1 Å². The Morgan fingerprint density at radius 1 is 1.17 bits per heavy atom. The first kappa shape index (κ1) is 23.7. The number of hydrogen-bond donors (Lipinski definition) is 2. The van der Waals surface area contributed by atoms with Crippen molar-refractivity contribution in [1.29, 1.82) is 0 Å². The van der Waals surface area contributed by atoms with Crippen LogP contribution in [0.25, 0.3) is 11.0 Å². The number of benzene rings is 1. The lowest BCUT2D eigenvalue weighted by Crippen LogP contribution is -2.38. The summed E-state index contributed by atoms with van der Waals surface area (Å²) in [6.45, 7) is 2.94. The number of likely N-dealkylation sites (tertiary alicyclic amines) is 1. The van der Waals surface area contributed by atoms with Crippen molar-refractivity contribution in [3.05, 3.63) is 64.7 Å². The second kappa shape index (κ2) is 9.58. The number of hydrogen-bond acceptors (Lipinski definition) is 4. The Morgan fingerprint density at radius 3 is 2.57 bits per heavy atom. The van der Waals surface area contributed by atoms with Crippen LogP contribution in [0.3, 0.4) is 0 Å². The molecular formula is C25H26F4N4O2. The highest BCUT2D eigenvalue weighted by molar-refractivity contribution is 5.94. The van der Waals surface area contributed by atoms with Gasteiger partial charge in [-0.1, -0.05) is 12.1 Å². The lowest BCUT2D eigenvalue weighted by molar-refractivity contribution is -0.127. The van der Waals surface area contributed by atoms with Gasteiger partial charge in [0.25, 0.3) is 5.91 Å². The van der Waals surface area contributed by atoms with Crippen LogP contribution in [0, 0.1) is 5.82 Å². The van der Waals surface area contributed by atoms with Crippen molar-refractivity contribution in [3.63, 3.8) is 0 Å². The molecule has 3 aromatic rings. The minimum atomic E-state index is -4.29. The number of nitrogens with zero attached hydrogens (tertiary/aromatic N) is 2. The van der Waals surface area contributed by atoms with Gasteiger partial charge in [-0.15, -0.1) is 0 Å². The van der Waals surface area contributed by atoms with Crippen LogP contribution in [-0.4, -0.2) is 59.7 Å². The molecule has 2 aliphatic rings. The van der Waals surface area contributed by atoms with E-state index in [2.05, 4.69) is 15.3 Å². The summed E-state index contributed by atoms with van der Waals surface area (Å²) in [4.78, 5) is 22.1. The number of H-pyrrole nitrogens is 1. The number of aromatic amines is 1. The van der Waals surface area contributed by atoms with Gasteiger partial charge < -0.3 is 19.9 Å². The van der Waals surface area contributed by atoms with E-state index in [1.807, 2.05) is 6.07 Å². The molecule has 5 rings (SSSR count). The largest absolute Gasteiger partial charge is 0.393 e. The van der Waals surface area contributed by atoms with Crippen LogP contribution in [0.15, 0.2) is 36.5 Å². The van der Waals surface area contributed by atoms with E-state index in [9.17, 15) is 22.4 Å². The quantitative estimate of drug-likeness (QED) is 0.529. The number of amides is 1. The average molecular weight is 491 g/mol. The number of carbonyl (C=O) groups excluding carboxylic acids is 1. The molecule has 6 nitrogen and oxygen atoms in total. The number of ether oxygens (including phenoxy) is 1. The number of fused-ring (bicyclic) bond motifs is 1. The summed E-state index contributed by atoms with van der Waals surface area (Å²) in [6.07, 6.45) is -3.06. The van der Waals surface area contributed by atoms with Gasteiger partial charge in [-0.05, 0) is 42.5 Å². The molecule has 2 fully saturated rings. The van der Waals surface area contributed by atoms with Gasteiger partial charge >= 0.3 is 6.18 Å². The fourth-order valence-corrected chi connectivity index (χ4v) is 4.99. The Morgan fingerprint density at radius 2 is 1.91 bits per heavy atom. The number of morpholine rings is 1. The highest BCUT2D eigenvalue weighted by Crippen LogP contribution is 2.36. The topological polar surface area (TPSA) is 70.2 Å². The summed E-state index contributed by atoms with van der Waals surface area (Å²) in [5.74, 6) is -0.670. The molecule has 2 aromatic heterocycles. The smallest absolute Gasteiger partial charge is 0.369 e. The van der Waals surface area contributed by atoms with E-state index >= 15 is 0 Å². The van der Waals surface area contributed by atoms with E-state index in [1.165, 1.54) is 30.5 Å². The summed E-state index contributed by atoms with van der Waals surface area (Å²) in [5.41, 5.74) is 2.54. The number of nitrogens with one attached hydrogen (secondary N) is 2. The van der Waals surface area contributed by atoms with E-state index in [0.29, 0.717) is 55.9 Å². The number of rotatable bonds is 4. The van der Waals surface area contributed by atoms with Gasteiger partial charge in [-0.2, -0.15) is 13.2 Å². The third-order valence-corrected chi connectivity index (χ3v) is 6.74. The maximum atomic E-state index is 15.0. The summed E-state index contributed by atoms with van der Waals surface area (Å²) in [5, 5.41) is 4.02. The van der Waals surface area contributed by atoms with Gasteiger partial charge in [0.05, 0.1) is 19.2 Å². The molecule has 0 aliphatic carbocycles. The van der Waals surface area contributed by atoms with Crippen LogP contribution < -0.4 is 5.32 Å². The van der Waals surface area contributed by atoms with Crippen LogP contribution >= 0.6 is 0 Å². The summed E-state index contributed by atoms with van der Waals surface area (Å²) < 4.78 is 58.5. The first-order valence-electron chi connectivity index (χ1n) is 11.7. The number of pyridine rings is 1. The molecule has 2 saturated heterocycles. The van der Waals surface area contributed by atoms with Gasteiger partial charge in [-0.25, -0.2) is 9.37 Å². The number of carbonyl (C=O) groups is 1. The van der Waals surface area contributed by atoms with Crippen LogP contribution in [0.5, 0.6) is 0 Å². The van der Waals surface area contributed by atoms with Crippen molar-refractivity contribution in [1.82, 2.24) is 20.2 Å². The third-order valence-electron chi connectivity index (χ3n) is 6.74. The molecule has 186 valence electrons. The van der Waals surface area contributed by atoms with E-state index < -0.39 is 12.6 Å². The number of alkyl halides is 3. The zero-order valence-corrected chi connectivity index (χ0v) is 19.0. The standard InChI is InChI=1S/C25H26F4N4O2/c26-19-13-31-23-18(11-20(32-23)21-14-30-7-10-35-21)22(19)16-5-8-33(9-6-16)24(34)17-3-1-15(2-4-17)12-25(27,28)29/h1-4,11,13,16,21,30H,5-10,12,14H2,(H,31,32). The fourth-order valence-electron chi connectivity index (χ4n) is 4.99. The molecule has 0 saturated carbocycles. The molecule has 0 spiro atoms. The predicted octanol–water partition coefficient (Wildman–Crippen LogP) is 4.49. The molecular weight excluding hydrogens is 464 g/mol. The zero-order valence-electron chi connectivity index (χ0n) is 19.0. The van der Waals surface area contributed by atoms with Crippen molar-refractivity contribution in [2.75, 3.05) is 32.8 Å². The second-order valence-corrected chi connectivity index (χ2v) is 9.13. The lowest BCUT2D eigenvalue weighted by atomic mass is 9.87. The molecule has 1 atom stereocenters. The second-order valence-electron chi connectivity index (χ2n) is 9.13. The first-order chi connectivity index (χ1) is 16.8. The van der Waals surface area contributed by atoms with E-state index in [0.717, 1.165) is 17.6 Å². The van der Waals surface area contributed by atoms with Crippen LogP contribution in [0.1, 0.15) is 52.0 Å². The normalized spacial score (nSPS) is 19.9. The van der Waals surface area contributed by atoms with E-state index in [-0.39, 0.29) is 29.3 Å². The zero-order chi connectivity index (χ0) is 24.6. The molecule has 0 bridgehead atoms. The minimum absolute atomic E-state index is 0.0761. The average Bonchev–Trinajstić information content (AvgIpc) is 3.28. The Kier molecular flexibility index (Phi) is 6.50. The highest BCUT2D eigenvalue weighted by atomic mass is 19.4. The first-order valence-corrected chi connectivity index (χ1v) is 11.7. The number of halogens is 4. The fraction of sp³-hybridized carbons (Fsp3) is 0.440. The monoisotopic (exact) mass is 490 g/mol. The summed E-state index contributed by atoms with van der Waals surface area (Å²) in [7, 11) is 0. The van der Waals surface area contributed by atoms with Gasteiger partial charge in [0.1, 0.15) is 17.6 Å². The Hall–Kier alpha value is -2.98. The summed E-state index contributed by atoms with van der Waals surface area (Å²) >= 11 is 0. The summed E-state index contributed by atoms with van der Waals surface area (Å²) in [6, 6.07) is 7.46. The SMILES string of the molecule is O=C(c1ccc(CC(F)(F)F)cc1)N1CCC(c2c(F)cnc3[nH]c(C4CNCCO4)cc23)CC1. The molecule has 2 aliphatic heterocycles. The molecule has 1 unspecified atom stereocenters. The molecule has 0 radical (unpaired) electrons. The molecule has 1 aromatic carbocycles. The Bertz CT molecular complexity index is 1190. The number of aromatic nitrogens is 2. The van der Waals surface area contributed by atoms with Crippen LogP contribution in [0.4, 0.5) is 17.6 Å². The Balaban J connectivity index is 1.28. The van der Waals surface area contributed by atoms with E-state index in [4.69, 9.17) is 4.74 Å². The Labute approximate surface area is 199 Å². The lowest BCUT2D eigenvalue weighted by Gasteiger charge is -2.32. The van der Waals surface area contributed by atoms with Crippen molar-refractivity contribution in [2.24, 2.45) is 0 Å². The van der Waals surface area contributed by atoms with Gasteiger partial charge in [0, 0.05) is 48.4 Å². The minimum Gasteiger partial charge on any atom is -0.369 e. The molecule has 35 heavy (non-hydrogen) atoms. The van der Waals surface area contributed by atoms with Crippen LogP contribution in [-0.2, 0) is 11.2 Å². The van der Waals surface area contributed by atoms with Crippen molar-refractivity contribution >= 4 is 16.9 Å². The maximum absolute atomic E-state index is 15.0. The van der Waals surface area contributed by atoms with Crippen LogP contribution in [0.2, 0.25) is 0 Å². The number of piperidine rings is 1. The van der Waals surface area contributed by atoms with Gasteiger partial charge in [0.2, 0.25) is 0 Å².